The monoisotopic (exact) mass is 455 g/mol. The molecule has 5 rings (SSSR count). The van der Waals surface area contributed by atoms with Gasteiger partial charge in [0, 0.05) is 6.42 Å². The average molecular weight is 456 g/mol. The third kappa shape index (κ3) is 4.27. The lowest BCUT2D eigenvalue weighted by Crippen LogP contribution is -2.28. The average Bonchev–Trinajstić information content (AvgIpc) is 3.13. The Bertz CT molecular complexity index is 1620. The van der Waals surface area contributed by atoms with E-state index in [-0.39, 0.29) is 11.3 Å². The molecule has 0 unspecified atom stereocenters. The van der Waals surface area contributed by atoms with Crippen molar-refractivity contribution in [2.24, 2.45) is 0 Å². The second kappa shape index (κ2) is 8.96. The lowest BCUT2D eigenvalue weighted by atomic mass is 10.0. The van der Waals surface area contributed by atoms with Gasteiger partial charge in [0.1, 0.15) is 11.4 Å². The van der Waals surface area contributed by atoms with Crippen LogP contribution in [0.25, 0.3) is 21.8 Å². The van der Waals surface area contributed by atoms with Gasteiger partial charge in [0.15, 0.2) is 0 Å². The maximum Gasteiger partial charge on any atom is 0.296 e. The zero-order valence-electron chi connectivity index (χ0n) is 18.0. The second-order valence-corrected chi connectivity index (χ2v) is 8.72. The third-order valence-electron chi connectivity index (χ3n) is 5.33. The van der Waals surface area contributed by atoms with E-state index in [4.69, 9.17) is 4.74 Å². The molecule has 0 saturated carbocycles. The summed E-state index contributed by atoms with van der Waals surface area (Å²) >= 11 is 1.17. The second-order valence-electron chi connectivity index (χ2n) is 7.71. The lowest BCUT2D eigenvalue weighted by Gasteiger charge is -2.05. The summed E-state index contributed by atoms with van der Waals surface area (Å²) in [5.74, 6) is 0.784. The molecule has 0 aliphatic carbocycles. The SMILES string of the molecule is CCCOc1ccc(Cc2nn3c(=O)/c(=C/c4cccc5ccccc45)sc3nc2=O)cc1. The van der Waals surface area contributed by atoms with E-state index in [9.17, 15) is 9.59 Å². The molecule has 6 nitrogen and oxygen atoms in total. The maximum absolute atomic E-state index is 13.1. The van der Waals surface area contributed by atoms with Crippen LogP contribution in [0.15, 0.2) is 76.3 Å². The van der Waals surface area contributed by atoms with Crippen molar-refractivity contribution in [3.05, 3.63) is 109 Å². The van der Waals surface area contributed by atoms with Crippen LogP contribution in [-0.2, 0) is 6.42 Å². The van der Waals surface area contributed by atoms with E-state index >= 15 is 0 Å². The highest BCUT2D eigenvalue weighted by Gasteiger charge is 2.12. The van der Waals surface area contributed by atoms with Gasteiger partial charge in [-0.1, -0.05) is 72.9 Å². The number of hydrogen-bond acceptors (Lipinski definition) is 6. The fraction of sp³-hybridized carbons (Fsp3) is 0.154. The summed E-state index contributed by atoms with van der Waals surface area (Å²) in [6.45, 7) is 2.71. The molecule has 0 saturated heterocycles. The molecule has 0 spiro atoms. The van der Waals surface area contributed by atoms with E-state index in [1.165, 1.54) is 15.9 Å². The predicted octanol–water partition coefficient (Wildman–Crippen LogP) is 3.59. The van der Waals surface area contributed by atoms with Crippen molar-refractivity contribution in [1.82, 2.24) is 14.6 Å². The Labute approximate surface area is 193 Å². The number of thiazole rings is 1. The fourth-order valence-electron chi connectivity index (χ4n) is 3.69. The predicted molar refractivity (Wildman–Crippen MR) is 131 cm³/mol. The minimum absolute atomic E-state index is 0.237. The zero-order chi connectivity index (χ0) is 22.8. The normalized spacial score (nSPS) is 12.0. The summed E-state index contributed by atoms with van der Waals surface area (Å²) in [4.78, 5) is 30.1. The highest BCUT2D eigenvalue weighted by atomic mass is 32.1. The molecule has 3 aromatic carbocycles. The first kappa shape index (κ1) is 21.0. The maximum atomic E-state index is 13.1. The molecule has 0 aliphatic heterocycles. The highest BCUT2D eigenvalue weighted by molar-refractivity contribution is 7.15. The molecule has 0 aliphatic rings. The van der Waals surface area contributed by atoms with E-state index in [2.05, 4.69) is 17.0 Å². The summed E-state index contributed by atoms with van der Waals surface area (Å²) in [6, 6.07) is 21.5. The molecule has 7 heteroatoms. The molecule has 0 amide bonds. The molecule has 0 bridgehead atoms. The molecule has 164 valence electrons. The Hall–Kier alpha value is -3.84. The molecule has 2 heterocycles. The van der Waals surface area contributed by atoms with Gasteiger partial charge < -0.3 is 4.74 Å². The number of benzene rings is 3. The summed E-state index contributed by atoms with van der Waals surface area (Å²) in [7, 11) is 0. The molecule has 0 atom stereocenters. The quantitative estimate of drug-likeness (QED) is 0.391. The van der Waals surface area contributed by atoms with Crippen LogP contribution in [0.5, 0.6) is 5.75 Å². The molecule has 0 N–H and O–H groups in total. The van der Waals surface area contributed by atoms with Crippen molar-refractivity contribution in [2.45, 2.75) is 19.8 Å². The van der Waals surface area contributed by atoms with Crippen LogP contribution in [0.3, 0.4) is 0 Å². The first-order valence-electron chi connectivity index (χ1n) is 10.8. The van der Waals surface area contributed by atoms with Gasteiger partial charge in [0.05, 0.1) is 11.1 Å². The molecule has 5 aromatic rings. The van der Waals surface area contributed by atoms with E-state index in [0.29, 0.717) is 22.5 Å². The van der Waals surface area contributed by atoms with E-state index < -0.39 is 5.56 Å². The van der Waals surface area contributed by atoms with Crippen LogP contribution in [0.2, 0.25) is 0 Å². The van der Waals surface area contributed by atoms with E-state index in [1.807, 2.05) is 72.8 Å². The van der Waals surface area contributed by atoms with Crippen LogP contribution in [0.4, 0.5) is 0 Å². The third-order valence-corrected chi connectivity index (χ3v) is 6.29. The first-order valence-corrected chi connectivity index (χ1v) is 11.6. The Morgan fingerprint density at radius 2 is 1.79 bits per heavy atom. The van der Waals surface area contributed by atoms with Gasteiger partial charge in [-0.25, -0.2) is 0 Å². The number of nitrogens with zero attached hydrogens (tertiary/aromatic N) is 3. The topological polar surface area (TPSA) is 73.6 Å². The van der Waals surface area contributed by atoms with Gasteiger partial charge in [-0.2, -0.15) is 14.6 Å². The standard InChI is InChI=1S/C26H21N3O3S/c1-2-14-32-20-12-10-17(11-13-20)15-22-24(30)27-26-29(28-22)25(31)23(33-26)16-19-8-5-7-18-6-3-4-9-21(18)19/h3-13,16H,2,14-15H2,1H3/b23-16-. The van der Waals surface area contributed by atoms with Crippen LogP contribution >= 0.6 is 11.3 Å². The Balaban J connectivity index is 1.52. The summed E-state index contributed by atoms with van der Waals surface area (Å²) in [5.41, 5.74) is 1.38. The number of aromatic nitrogens is 3. The molecular weight excluding hydrogens is 434 g/mol. The van der Waals surface area contributed by atoms with Crippen molar-refractivity contribution in [2.75, 3.05) is 6.61 Å². The summed E-state index contributed by atoms with van der Waals surface area (Å²) in [5, 5.41) is 6.51. The molecule has 0 fully saturated rings. The Kier molecular flexibility index (Phi) is 5.71. The van der Waals surface area contributed by atoms with Gasteiger partial charge in [0.25, 0.3) is 11.1 Å². The molecule has 2 aromatic heterocycles. The van der Waals surface area contributed by atoms with Gasteiger partial charge >= 0.3 is 0 Å². The number of rotatable bonds is 6. The van der Waals surface area contributed by atoms with Gasteiger partial charge in [-0.15, -0.1) is 0 Å². The van der Waals surface area contributed by atoms with Crippen molar-refractivity contribution in [3.63, 3.8) is 0 Å². The van der Waals surface area contributed by atoms with Crippen molar-refractivity contribution in [3.8, 4) is 5.75 Å². The Morgan fingerprint density at radius 1 is 1.00 bits per heavy atom. The van der Waals surface area contributed by atoms with Crippen molar-refractivity contribution >= 4 is 33.1 Å². The molecule has 0 radical (unpaired) electrons. The van der Waals surface area contributed by atoms with Crippen molar-refractivity contribution < 1.29 is 4.74 Å². The minimum atomic E-state index is -0.417. The smallest absolute Gasteiger partial charge is 0.296 e. The largest absolute Gasteiger partial charge is 0.494 e. The van der Waals surface area contributed by atoms with E-state index in [0.717, 1.165) is 34.1 Å². The zero-order valence-corrected chi connectivity index (χ0v) is 18.8. The summed E-state index contributed by atoms with van der Waals surface area (Å²) in [6.07, 6.45) is 3.07. The summed E-state index contributed by atoms with van der Waals surface area (Å²) < 4.78 is 7.32. The van der Waals surface area contributed by atoms with Crippen LogP contribution in [-0.4, -0.2) is 21.2 Å². The number of ether oxygens (including phenoxy) is 1. The Morgan fingerprint density at radius 3 is 2.61 bits per heavy atom. The first-order chi connectivity index (χ1) is 16.1. The van der Waals surface area contributed by atoms with E-state index in [1.54, 1.807) is 0 Å². The van der Waals surface area contributed by atoms with Crippen LogP contribution < -0.4 is 20.4 Å². The van der Waals surface area contributed by atoms with Gasteiger partial charge in [0.2, 0.25) is 4.96 Å². The molecule has 33 heavy (non-hydrogen) atoms. The minimum Gasteiger partial charge on any atom is -0.494 e. The van der Waals surface area contributed by atoms with Gasteiger partial charge in [-0.05, 0) is 46.5 Å². The lowest BCUT2D eigenvalue weighted by molar-refractivity contribution is 0.317. The fourth-order valence-corrected chi connectivity index (χ4v) is 4.58. The van der Waals surface area contributed by atoms with Crippen molar-refractivity contribution in [1.29, 1.82) is 0 Å². The van der Waals surface area contributed by atoms with Gasteiger partial charge in [-0.3, -0.25) is 9.59 Å². The highest BCUT2D eigenvalue weighted by Crippen LogP contribution is 2.19. The number of fused-ring (bicyclic) bond motifs is 2. The number of hydrogen-bond donors (Lipinski definition) is 0. The molecular formula is C26H21N3O3S. The van der Waals surface area contributed by atoms with Crippen LogP contribution in [0.1, 0.15) is 30.2 Å². The van der Waals surface area contributed by atoms with Crippen LogP contribution in [0, 0.1) is 0 Å².